The maximum Gasteiger partial charge on any atom is 0.0525 e. The molecular formula is C13H14N2. The molecule has 0 spiro atoms. The molecule has 0 unspecified atom stereocenters. The van der Waals surface area contributed by atoms with Crippen molar-refractivity contribution in [2.75, 3.05) is 12.0 Å². The molecule has 1 aliphatic heterocycles. The van der Waals surface area contributed by atoms with Crippen molar-refractivity contribution >= 4 is 16.5 Å². The minimum Gasteiger partial charge on any atom is -0.321 e. The fourth-order valence-corrected chi connectivity index (χ4v) is 2.23. The first kappa shape index (κ1) is 8.74. The summed E-state index contributed by atoms with van der Waals surface area (Å²) < 4.78 is 0. The maximum atomic E-state index is 3.27. The van der Waals surface area contributed by atoms with Crippen LogP contribution in [-0.2, 0) is 6.42 Å². The molecule has 0 saturated heterocycles. The van der Waals surface area contributed by atoms with E-state index in [1.54, 1.807) is 0 Å². The van der Waals surface area contributed by atoms with Crippen molar-refractivity contribution in [3.05, 3.63) is 42.0 Å². The van der Waals surface area contributed by atoms with Crippen molar-refractivity contribution in [2.24, 2.45) is 0 Å². The van der Waals surface area contributed by atoms with E-state index in [1.165, 1.54) is 28.4 Å². The molecule has 2 nitrogen and oxygen atoms in total. The van der Waals surface area contributed by atoms with E-state index >= 15 is 0 Å². The molecule has 2 heteroatoms. The Kier molecular flexibility index (Phi) is 2.07. The zero-order valence-corrected chi connectivity index (χ0v) is 8.59. The average molecular weight is 198 g/mol. The number of anilines is 1. The van der Waals surface area contributed by atoms with Crippen molar-refractivity contribution in [3.8, 4) is 0 Å². The van der Waals surface area contributed by atoms with E-state index < -0.39 is 0 Å². The van der Waals surface area contributed by atoms with E-state index in [-0.39, 0.29) is 0 Å². The van der Waals surface area contributed by atoms with Crippen LogP contribution in [0.15, 0.2) is 36.4 Å². The highest BCUT2D eigenvalue weighted by Crippen LogP contribution is 2.27. The number of rotatable bonds is 0. The van der Waals surface area contributed by atoms with Crippen LogP contribution in [0.3, 0.4) is 0 Å². The van der Waals surface area contributed by atoms with Gasteiger partial charge in [0.2, 0.25) is 0 Å². The molecule has 0 bridgehead atoms. The number of fused-ring (bicyclic) bond motifs is 3. The van der Waals surface area contributed by atoms with Gasteiger partial charge < -0.3 is 5.43 Å². The van der Waals surface area contributed by atoms with E-state index in [0.717, 1.165) is 13.0 Å². The van der Waals surface area contributed by atoms with Gasteiger partial charge in [-0.1, -0.05) is 30.3 Å². The molecule has 0 amide bonds. The number of hydrazine groups is 1. The topological polar surface area (TPSA) is 24.1 Å². The summed E-state index contributed by atoms with van der Waals surface area (Å²) in [4.78, 5) is 0. The van der Waals surface area contributed by atoms with Crippen molar-refractivity contribution in [1.29, 1.82) is 0 Å². The van der Waals surface area contributed by atoms with Gasteiger partial charge in [-0.25, -0.2) is 5.43 Å². The molecule has 0 aromatic heterocycles. The number of hydrogen-bond donors (Lipinski definition) is 2. The molecule has 2 aromatic carbocycles. The van der Waals surface area contributed by atoms with Crippen molar-refractivity contribution in [1.82, 2.24) is 5.43 Å². The van der Waals surface area contributed by atoms with Crippen LogP contribution >= 0.6 is 0 Å². The first-order valence-electron chi connectivity index (χ1n) is 5.45. The maximum absolute atomic E-state index is 3.27. The molecule has 15 heavy (non-hydrogen) atoms. The highest BCUT2D eigenvalue weighted by atomic mass is 15.4. The van der Waals surface area contributed by atoms with Crippen LogP contribution in [0.4, 0.5) is 5.69 Å². The van der Waals surface area contributed by atoms with Gasteiger partial charge in [0.05, 0.1) is 5.69 Å². The monoisotopic (exact) mass is 198 g/mol. The Bertz CT molecular complexity index is 491. The molecule has 3 rings (SSSR count). The van der Waals surface area contributed by atoms with Crippen LogP contribution in [0, 0.1) is 0 Å². The third-order valence-corrected chi connectivity index (χ3v) is 2.99. The molecule has 2 aromatic rings. The number of nitrogens with one attached hydrogen (secondary N) is 2. The number of aryl methyl sites for hydroxylation is 1. The number of hydrogen-bond acceptors (Lipinski definition) is 2. The molecule has 76 valence electrons. The second kappa shape index (κ2) is 3.55. The summed E-state index contributed by atoms with van der Waals surface area (Å²) in [5.74, 6) is 0. The van der Waals surface area contributed by atoms with Crippen molar-refractivity contribution < 1.29 is 0 Å². The third-order valence-electron chi connectivity index (χ3n) is 2.99. The van der Waals surface area contributed by atoms with E-state index in [2.05, 4.69) is 47.2 Å². The van der Waals surface area contributed by atoms with Gasteiger partial charge in [0.25, 0.3) is 0 Å². The number of benzene rings is 2. The summed E-state index contributed by atoms with van der Waals surface area (Å²) in [6.07, 6.45) is 2.34. The predicted octanol–water partition coefficient (Wildman–Crippen LogP) is 2.70. The predicted molar refractivity (Wildman–Crippen MR) is 63.9 cm³/mol. The van der Waals surface area contributed by atoms with Crippen molar-refractivity contribution in [3.63, 3.8) is 0 Å². The quantitative estimate of drug-likeness (QED) is 0.680. The Morgan fingerprint density at radius 1 is 1.00 bits per heavy atom. The van der Waals surface area contributed by atoms with Crippen LogP contribution in [0.1, 0.15) is 12.0 Å². The SMILES string of the molecule is c1ccc2c3c(ccc2c1)NNCCC3. The van der Waals surface area contributed by atoms with Gasteiger partial charge in [-0.3, -0.25) is 0 Å². The summed E-state index contributed by atoms with van der Waals surface area (Å²) in [5, 5.41) is 2.71. The van der Waals surface area contributed by atoms with E-state index in [9.17, 15) is 0 Å². The van der Waals surface area contributed by atoms with Gasteiger partial charge in [0.15, 0.2) is 0 Å². The minimum atomic E-state index is 1.03. The third kappa shape index (κ3) is 1.47. The zero-order chi connectivity index (χ0) is 10.1. The summed E-state index contributed by atoms with van der Waals surface area (Å²) in [6, 6.07) is 12.9. The summed E-state index contributed by atoms with van der Waals surface area (Å²) >= 11 is 0. The Labute approximate surface area is 89.3 Å². The summed E-state index contributed by atoms with van der Waals surface area (Å²) in [7, 11) is 0. The largest absolute Gasteiger partial charge is 0.321 e. The average Bonchev–Trinajstić information content (AvgIpc) is 2.54. The smallest absolute Gasteiger partial charge is 0.0525 e. The highest BCUT2D eigenvalue weighted by Gasteiger charge is 2.09. The van der Waals surface area contributed by atoms with Crippen LogP contribution < -0.4 is 10.9 Å². The Hall–Kier alpha value is -1.54. The van der Waals surface area contributed by atoms with Gasteiger partial charge in [-0.05, 0) is 35.2 Å². The molecule has 0 aliphatic carbocycles. The molecular weight excluding hydrogens is 184 g/mol. The minimum absolute atomic E-state index is 1.03. The lowest BCUT2D eigenvalue weighted by atomic mass is 9.99. The van der Waals surface area contributed by atoms with E-state index in [1.807, 2.05) is 0 Å². The van der Waals surface area contributed by atoms with Crippen LogP contribution in [0.25, 0.3) is 10.8 Å². The van der Waals surface area contributed by atoms with Gasteiger partial charge in [0.1, 0.15) is 0 Å². The normalized spacial score (nSPS) is 15.5. The Balaban J connectivity index is 2.27. The van der Waals surface area contributed by atoms with Gasteiger partial charge >= 0.3 is 0 Å². The van der Waals surface area contributed by atoms with E-state index in [4.69, 9.17) is 0 Å². The Morgan fingerprint density at radius 3 is 2.93 bits per heavy atom. The standard InChI is InChI=1S/C13H14N2/c1-2-5-11-10(4-1)7-8-13-12(11)6-3-9-14-15-13/h1-2,4-5,7-8,14-15H,3,6,9H2. The first-order valence-corrected chi connectivity index (χ1v) is 5.45. The van der Waals surface area contributed by atoms with Gasteiger partial charge in [-0.2, -0.15) is 0 Å². The van der Waals surface area contributed by atoms with Gasteiger partial charge in [-0.15, -0.1) is 0 Å². The summed E-state index contributed by atoms with van der Waals surface area (Å²) in [6.45, 7) is 1.03. The highest BCUT2D eigenvalue weighted by molar-refractivity contribution is 5.90. The second-order valence-electron chi connectivity index (χ2n) is 3.97. The fraction of sp³-hybridized carbons (Fsp3) is 0.231. The second-order valence-corrected chi connectivity index (χ2v) is 3.97. The lowest BCUT2D eigenvalue weighted by Gasteiger charge is -2.10. The molecule has 0 fully saturated rings. The van der Waals surface area contributed by atoms with Crippen LogP contribution in [0.2, 0.25) is 0 Å². The van der Waals surface area contributed by atoms with Crippen molar-refractivity contribution in [2.45, 2.75) is 12.8 Å². The Morgan fingerprint density at radius 2 is 1.93 bits per heavy atom. The molecule has 0 saturated carbocycles. The lowest BCUT2D eigenvalue weighted by molar-refractivity contribution is 0.742. The molecule has 2 N–H and O–H groups in total. The van der Waals surface area contributed by atoms with Crippen LogP contribution in [0.5, 0.6) is 0 Å². The fourth-order valence-electron chi connectivity index (χ4n) is 2.23. The van der Waals surface area contributed by atoms with Gasteiger partial charge in [0, 0.05) is 6.54 Å². The molecule has 1 heterocycles. The van der Waals surface area contributed by atoms with Crippen LogP contribution in [-0.4, -0.2) is 6.54 Å². The first-order chi connectivity index (χ1) is 7.45. The molecule has 1 aliphatic rings. The lowest BCUT2D eigenvalue weighted by Crippen LogP contribution is -2.20. The molecule has 0 radical (unpaired) electrons. The molecule has 0 atom stereocenters. The zero-order valence-electron chi connectivity index (χ0n) is 8.59. The van der Waals surface area contributed by atoms with E-state index in [0.29, 0.717) is 0 Å². The summed E-state index contributed by atoms with van der Waals surface area (Å²) in [5.41, 5.74) is 9.16.